The average molecular weight is 477 g/mol. The number of rotatable bonds is 8. The molecule has 34 heavy (non-hydrogen) atoms. The molecule has 0 aliphatic carbocycles. The van der Waals surface area contributed by atoms with E-state index >= 15 is 0 Å². The highest BCUT2D eigenvalue weighted by Crippen LogP contribution is 2.40. The zero-order chi connectivity index (χ0) is 25.0. The minimum absolute atomic E-state index is 0.0815. The SMILES string of the molecule is CCCN(C(=O)c1cc2c(cc1C)OC(C)(COC)C(=O)N2CCN)[C@@H]1CCCN(C(=O)O)C1. The molecule has 2 atom stereocenters. The molecule has 1 aromatic carbocycles. The predicted octanol–water partition coefficient (Wildman–Crippen LogP) is 2.08. The number of piperidine rings is 1. The number of carbonyl (C=O) groups is 3. The molecule has 188 valence electrons. The molecule has 0 spiro atoms. The van der Waals surface area contributed by atoms with E-state index in [0.717, 1.165) is 18.4 Å². The summed E-state index contributed by atoms with van der Waals surface area (Å²) in [6, 6.07) is 3.28. The van der Waals surface area contributed by atoms with Gasteiger partial charge in [0.05, 0.1) is 12.3 Å². The number of carbonyl (C=O) groups excluding carboxylic acids is 2. The maximum atomic E-state index is 13.8. The van der Waals surface area contributed by atoms with Crippen LogP contribution in [0.25, 0.3) is 0 Å². The van der Waals surface area contributed by atoms with Crippen LogP contribution in [0.15, 0.2) is 12.1 Å². The molecule has 0 saturated carbocycles. The summed E-state index contributed by atoms with van der Waals surface area (Å²) in [5.74, 6) is 0.0486. The topological polar surface area (TPSA) is 126 Å². The molecule has 2 heterocycles. The number of ether oxygens (including phenoxy) is 2. The van der Waals surface area contributed by atoms with Gasteiger partial charge in [-0.25, -0.2) is 4.79 Å². The third-order valence-electron chi connectivity index (χ3n) is 6.47. The minimum atomic E-state index is -1.19. The van der Waals surface area contributed by atoms with Crippen molar-refractivity contribution in [2.24, 2.45) is 5.73 Å². The summed E-state index contributed by atoms with van der Waals surface area (Å²) >= 11 is 0. The summed E-state index contributed by atoms with van der Waals surface area (Å²) in [6.45, 7) is 7.40. The van der Waals surface area contributed by atoms with Crippen LogP contribution in [0.4, 0.5) is 10.5 Å². The molecule has 0 radical (unpaired) electrons. The van der Waals surface area contributed by atoms with Crippen LogP contribution in [0.2, 0.25) is 0 Å². The van der Waals surface area contributed by atoms with E-state index in [1.54, 1.807) is 28.9 Å². The van der Waals surface area contributed by atoms with Crippen molar-refractivity contribution < 1.29 is 29.0 Å². The number of anilines is 1. The zero-order valence-corrected chi connectivity index (χ0v) is 20.5. The maximum absolute atomic E-state index is 13.8. The van der Waals surface area contributed by atoms with Crippen molar-refractivity contribution in [3.8, 4) is 5.75 Å². The number of methoxy groups -OCH3 is 1. The van der Waals surface area contributed by atoms with Gasteiger partial charge in [-0.2, -0.15) is 0 Å². The molecule has 0 aromatic heterocycles. The number of nitrogens with zero attached hydrogens (tertiary/aromatic N) is 3. The Kier molecular flexibility index (Phi) is 8.04. The number of hydrogen-bond donors (Lipinski definition) is 2. The molecular formula is C24H36N4O6. The second-order valence-corrected chi connectivity index (χ2v) is 9.17. The molecule has 2 aliphatic rings. The van der Waals surface area contributed by atoms with Crippen molar-refractivity contribution in [3.05, 3.63) is 23.3 Å². The third kappa shape index (κ3) is 4.97. The summed E-state index contributed by atoms with van der Waals surface area (Å²) in [5.41, 5.74) is 6.30. The Hall–Kier alpha value is -2.85. The lowest BCUT2D eigenvalue weighted by molar-refractivity contribution is -0.138. The minimum Gasteiger partial charge on any atom is -0.473 e. The van der Waals surface area contributed by atoms with E-state index in [-0.39, 0.29) is 37.6 Å². The highest BCUT2D eigenvalue weighted by Gasteiger charge is 2.45. The summed E-state index contributed by atoms with van der Waals surface area (Å²) in [4.78, 5) is 43.2. The first-order valence-corrected chi connectivity index (χ1v) is 11.8. The van der Waals surface area contributed by atoms with Gasteiger partial charge in [0.2, 0.25) is 5.60 Å². The van der Waals surface area contributed by atoms with Crippen molar-refractivity contribution in [1.82, 2.24) is 9.80 Å². The van der Waals surface area contributed by atoms with Crippen LogP contribution >= 0.6 is 0 Å². The van der Waals surface area contributed by atoms with E-state index in [2.05, 4.69) is 0 Å². The van der Waals surface area contributed by atoms with E-state index in [0.29, 0.717) is 43.1 Å². The fraction of sp³-hybridized carbons (Fsp3) is 0.625. The zero-order valence-electron chi connectivity index (χ0n) is 20.5. The molecule has 3 N–H and O–H groups in total. The second-order valence-electron chi connectivity index (χ2n) is 9.17. The largest absolute Gasteiger partial charge is 0.473 e. The number of carboxylic acid groups (broad SMARTS) is 1. The Morgan fingerprint density at radius 1 is 1.38 bits per heavy atom. The molecule has 0 bridgehead atoms. The highest BCUT2D eigenvalue weighted by atomic mass is 16.5. The first-order valence-electron chi connectivity index (χ1n) is 11.8. The maximum Gasteiger partial charge on any atom is 0.407 e. The standard InChI is InChI=1S/C24H36N4O6/c1-5-9-27(17-7-6-10-26(14-17)23(31)32)21(29)18-13-19-20(12-16(18)2)34-24(3,15-33-4)22(30)28(19)11-8-25/h12-13,17H,5-11,14-15,25H2,1-4H3,(H,31,32)/t17-,24?/m1/s1. The van der Waals surface area contributed by atoms with Crippen LogP contribution in [0.5, 0.6) is 5.75 Å². The van der Waals surface area contributed by atoms with Crippen molar-refractivity contribution in [1.29, 1.82) is 0 Å². The van der Waals surface area contributed by atoms with Crippen molar-refractivity contribution in [3.63, 3.8) is 0 Å². The number of benzene rings is 1. The Bertz CT molecular complexity index is 938. The first kappa shape index (κ1) is 25.8. The van der Waals surface area contributed by atoms with Crippen molar-refractivity contribution in [2.75, 3.05) is 51.3 Å². The van der Waals surface area contributed by atoms with Gasteiger partial charge in [-0.05, 0) is 50.8 Å². The lowest BCUT2D eigenvalue weighted by Gasteiger charge is -2.41. The van der Waals surface area contributed by atoms with Crippen molar-refractivity contribution in [2.45, 2.75) is 51.7 Å². The van der Waals surface area contributed by atoms with Gasteiger partial charge in [0.1, 0.15) is 5.75 Å². The Morgan fingerprint density at radius 3 is 2.74 bits per heavy atom. The van der Waals surface area contributed by atoms with Gasteiger partial charge in [-0.3, -0.25) is 9.59 Å². The van der Waals surface area contributed by atoms with Gasteiger partial charge in [-0.1, -0.05) is 6.92 Å². The fourth-order valence-electron chi connectivity index (χ4n) is 4.82. The van der Waals surface area contributed by atoms with E-state index in [9.17, 15) is 19.5 Å². The molecule has 1 unspecified atom stereocenters. The normalized spacial score (nSPS) is 22.3. The van der Waals surface area contributed by atoms with Crippen LogP contribution in [-0.2, 0) is 9.53 Å². The molecule has 10 nitrogen and oxygen atoms in total. The third-order valence-corrected chi connectivity index (χ3v) is 6.47. The van der Waals surface area contributed by atoms with Gasteiger partial charge in [-0.15, -0.1) is 0 Å². The lowest BCUT2D eigenvalue weighted by Crippen LogP contribution is -2.57. The molecule has 10 heteroatoms. The van der Waals surface area contributed by atoms with Crippen LogP contribution in [-0.4, -0.2) is 90.9 Å². The van der Waals surface area contributed by atoms with Crippen LogP contribution in [0.1, 0.15) is 49.0 Å². The lowest BCUT2D eigenvalue weighted by atomic mass is 9.97. The number of nitrogens with two attached hydrogens (primary N) is 1. The quantitative estimate of drug-likeness (QED) is 0.588. The molecule has 3 amide bonds. The first-order chi connectivity index (χ1) is 16.2. The Morgan fingerprint density at radius 2 is 2.12 bits per heavy atom. The van der Waals surface area contributed by atoms with Crippen LogP contribution in [0, 0.1) is 6.92 Å². The summed E-state index contributed by atoms with van der Waals surface area (Å²) < 4.78 is 11.3. The van der Waals surface area contributed by atoms with E-state index in [1.165, 1.54) is 12.0 Å². The second kappa shape index (κ2) is 10.6. The van der Waals surface area contributed by atoms with Crippen LogP contribution in [0.3, 0.4) is 0 Å². The monoisotopic (exact) mass is 476 g/mol. The smallest absolute Gasteiger partial charge is 0.407 e. The molecule has 3 rings (SSSR count). The number of hydrogen-bond acceptors (Lipinski definition) is 6. The molecule has 1 saturated heterocycles. The summed E-state index contributed by atoms with van der Waals surface area (Å²) in [7, 11) is 1.51. The molecule has 1 aromatic rings. The van der Waals surface area contributed by atoms with Gasteiger partial charge in [0, 0.05) is 51.4 Å². The average Bonchev–Trinajstić information content (AvgIpc) is 2.80. The van der Waals surface area contributed by atoms with Gasteiger partial charge in [0.25, 0.3) is 11.8 Å². The van der Waals surface area contributed by atoms with E-state index in [4.69, 9.17) is 15.2 Å². The molecule has 1 fully saturated rings. The van der Waals surface area contributed by atoms with Crippen LogP contribution < -0.4 is 15.4 Å². The summed E-state index contributed by atoms with van der Waals surface area (Å²) in [6.07, 6.45) is 1.23. The van der Waals surface area contributed by atoms with Gasteiger partial charge < -0.3 is 35.0 Å². The Balaban J connectivity index is 1.99. The summed E-state index contributed by atoms with van der Waals surface area (Å²) in [5, 5.41) is 9.44. The predicted molar refractivity (Wildman–Crippen MR) is 127 cm³/mol. The number of amides is 3. The van der Waals surface area contributed by atoms with E-state index in [1.807, 2.05) is 13.8 Å². The number of likely N-dealkylation sites (tertiary alicyclic amines) is 1. The highest BCUT2D eigenvalue weighted by molar-refractivity contribution is 6.05. The number of aryl methyl sites for hydroxylation is 1. The van der Waals surface area contributed by atoms with Gasteiger partial charge in [0.15, 0.2) is 0 Å². The molecular weight excluding hydrogens is 440 g/mol. The Labute approximate surface area is 200 Å². The van der Waals surface area contributed by atoms with Gasteiger partial charge >= 0.3 is 6.09 Å². The van der Waals surface area contributed by atoms with Crippen molar-refractivity contribution >= 4 is 23.6 Å². The van der Waals surface area contributed by atoms with E-state index < -0.39 is 11.7 Å². The fourth-order valence-corrected chi connectivity index (χ4v) is 4.82. The number of fused-ring (bicyclic) bond motifs is 1. The molecule has 2 aliphatic heterocycles.